The highest BCUT2D eigenvalue weighted by Crippen LogP contribution is 2.41. The summed E-state index contributed by atoms with van der Waals surface area (Å²) in [5, 5.41) is 7.41. The Morgan fingerprint density at radius 1 is 0.328 bits per heavy atom. The van der Waals surface area contributed by atoms with Gasteiger partial charge in [0.05, 0.1) is 16.6 Å². The summed E-state index contributed by atoms with van der Waals surface area (Å²) in [5.74, 6) is 1.77. The molecular formula is C52H30N4O2. The van der Waals surface area contributed by atoms with Crippen molar-refractivity contribution in [2.75, 3.05) is 0 Å². The van der Waals surface area contributed by atoms with Crippen LogP contribution in [0.15, 0.2) is 191 Å². The minimum atomic E-state index is 0.578. The van der Waals surface area contributed by atoms with Crippen molar-refractivity contribution in [3.05, 3.63) is 182 Å². The predicted octanol–water partition coefficient (Wildman–Crippen LogP) is 13.7. The first-order valence-corrected chi connectivity index (χ1v) is 19.3. The number of nitrogens with zero attached hydrogens (tertiary/aromatic N) is 4. The molecule has 0 spiro atoms. The molecule has 8 aromatic carbocycles. The van der Waals surface area contributed by atoms with E-state index >= 15 is 0 Å². The van der Waals surface area contributed by atoms with Crippen LogP contribution in [0, 0.1) is 0 Å². The quantitative estimate of drug-likeness (QED) is 0.175. The molecule has 0 aliphatic rings. The van der Waals surface area contributed by atoms with Gasteiger partial charge in [-0.25, -0.2) is 19.9 Å². The molecule has 0 saturated carbocycles. The van der Waals surface area contributed by atoms with Crippen LogP contribution in [-0.4, -0.2) is 19.9 Å². The molecule has 6 heteroatoms. The molecule has 0 aliphatic heterocycles. The minimum Gasteiger partial charge on any atom is -0.455 e. The number of furan rings is 2. The number of fused-ring (bicyclic) bond motifs is 9. The highest BCUT2D eigenvalue weighted by molar-refractivity contribution is 6.19. The van der Waals surface area contributed by atoms with Gasteiger partial charge in [-0.3, -0.25) is 0 Å². The van der Waals surface area contributed by atoms with E-state index in [2.05, 4.69) is 127 Å². The second-order valence-electron chi connectivity index (χ2n) is 14.6. The van der Waals surface area contributed by atoms with E-state index in [9.17, 15) is 0 Å². The molecule has 0 N–H and O–H groups in total. The van der Waals surface area contributed by atoms with Crippen LogP contribution in [0.25, 0.3) is 122 Å². The number of hydrogen-bond donors (Lipinski definition) is 0. The summed E-state index contributed by atoms with van der Waals surface area (Å²) in [5.41, 5.74) is 10.8. The summed E-state index contributed by atoms with van der Waals surface area (Å²) < 4.78 is 12.9. The van der Waals surface area contributed by atoms with E-state index in [-0.39, 0.29) is 0 Å². The van der Waals surface area contributed by atoms with Gasteiger partial charge in [0, 0.05) is 49.4 Å². The fraction of sp³-hybridized carbons (Fsp3) is 0. The SMILES string of the molecule is c1cc(-c2nc(-c3ccc(-c4nc5ccccc5c5oc6ccccc6c45)cc3)nc(-c3cccc4ccccc34)n2)cc(-c2cccc3c2oc2ccccc23)c1. The second kappa shape index (κ2) is 12.8. The number of benzene rings is 8. The van der Waals surface area contributed by atoms with Gasteiger partial charge in [-0.1, -0.05) is 152 Å². The van der Waals surface area contributed by atoms with Crippen LogP contribution in [0.5, 0.6) is 0 Å². The standard InChI is InChI=1S/C52H30N4O2/c1-2-16-36-31(12-1)13-10-22-40(36)52-55-50(54-51(56-52)35-15-9-14-34(30-35)37-20-11-21-39-38-17-4-7-24-44(38)57-48(37)39)33-28-26-32(27-29-33)47-46-42-19-5-8-25-45(42)58-49(46)41-18-3-6-23-43(41)53-47/h1-30H. The lowest BCUT2D eigenvalue weighted by Gasteiger charge is -2.12. The number of hydrogen-bond acceptors (Lipinski definition) is 6. The third-order valence-electron chi connectivity index (χ3n) is 11.1. The van der Waals surface area contributed by atoms with E-state index in [1.165, 1.54) is 0 Å². The van der Waals surface area contributed by atoms with Crippen LogP contribution in [0.1, 0.15) is 0 Å². The van der Waals surface area contributed by atoms with Crippen LogP contribution in [-0.2, 0) is 0 Å². The fourth-order valence-electron chi connectivity index (χ4n) is 8.37. The van der Waals surface area contributed by atoms with Crippen molar-refractivity contribution in [2.45, 2.75) is 0 Å². The van der Waals surface area contributed by atoms with Crippen molar-refractivity contribution in [3.63, 3.8) is 0 Å². The Bertz CT molecular complexity index is 3580. The van der Waals surface area contributed by atoms with Crippen molar-refractivity contribution in [1.82, 2.24) is 19.9 Å². The van der Waals surface area contributed by atoms with Crippen molar-refractivity contribution < 1.29 is 8.83 Å². The van der Waals surface area contributed by atoms with E-state index in [4.69, 9.17) is 28.8 Å². The normalized spacial score (nSPS) is 11.8. The van der Waals surface area contributed by atoms with Gasteiger partial charge in [0.1, 0.15) is 22.3 Å². The lowest BCUT2D eigenvalue weighted by molar-refractivity contribution is 0.670. The molecule has 4 aromatic heterocycles. The summed E-state index contributed by atoms with van der Waals surface area (Å²) in [4.78, 5) is 20.7. The third kappa shape index (κ3) is 5.12. The zero-order chi connectivity index (χ0) is 38.2. The van der Waals surface area contributed by atoms with Crippen molar-refractivity contribution >= 4 is 65.6 Å². The van der Waals surface area contributed by atoms with Crippen LogP contribution >= 0.6 is 0 Å². The van der Waals surface area contributed by atoms with Gasteiger partial charge in [0.2, 0.25) is 0 Å². The van der Waals surface area contributed by atoms with Crippen LogP contribution < -0.4 is 0 Å². The summed E-state index contributed by atoms with van der Waals surface area (Å²) in [6, 6.07) is 62.1. The van der Waals surface area contributed by atoms with Gasteiger partial charge < -0.3 is 8.83 Å². The van der Waals surface area contributed by atoms with Crippen LogP contribution in [0.3, 0.4) is 0 Å². The topological polar surface area (TPSA) is 77.8 Å². The first kappa shape index (κ1) is 32.3. The average molecular weight is 743 g/mol. The molecule has 0 fully saturated rings. The third-order valence-corrected chi connectivity index (χ3v) is 11.1. The Hall–Kier alpha value is -7.96. The Balaban J connectivity index is 1.02. The second-order valence-corrected chi connectivity index (χ2v) is 14.6. The van der Waals surface area contributed by atoms with Crippen molar-refractivity contribution in [2.24, 2.45) is 0 Å². The van der Waals surface area contributed by atoms with Crippen molar-refractivity contribution in [1.29, 1.82) is 0 Å². The van der Waals surface area contributed by atoms with E-state index in [0.29, 0.717) is 17.5 Å². The largest absolute Gasteiger partial charge is 0.455 e. The molecule has 0 unspecified atom stereocenters. The number of aromatic nitrogens is 4. The highest BCUT2D eigenvalue weighted by atomic mass is 16.3. The molecule has 12 aromatic rings. The Labute approximate surface area is 331 Å². The van der Waals surface area contributed by atoms with Crippen molar-refractivity contribution in [3.8, 4) is 56.5 Å². The maximum absolute atomic E-state index is 6.46. The minimum absolute atomic E-state index is 0.578. The zero-order valence-electron chi connectivity index (χ0n) is 30.9. The van der Waals surface area contributed by atoms with Gasteiger partial charge in [-0.2, -0.15) is 0 Å². The number of rotatable bonds is 5. The molecule has 0 aliphatic carbocycles. The molecule has 270 valence electrons. The monoisotopic (exact) mass is 742 g/mol. The number of pyridine rings is 1. The van der Waals surface area contributed by atoms with Gasteiger partial charge >= 0.3 is 0 Å². The molecule has 6 nitrogen and oxygen atoms in total. The molecule has 0 atom stereocenters. The molecule has 12 rings (SSSR count). The van der Waals surface area contributed by atoms with E-state index < -0.39 is 0 Å². The first-order valence-electron chi connectivity index (χ1n) is 19.3. The van der Waals surface area contributed by atoms with Crippen LogP contribution in [0.4, 0.5) is 0 Å². The average Bonchev–Trinajstić information content (AvgIpc) is 3.88. The molecular weight excluding hydrogens is 713 g/mol. The molecule has 0 saturated heterocycles. The molecule has 0 bridgehead atoms. The summed E-state index contributed by atoms with van der Waals surface area (Å²) in [7, 11) is 0. The smallest absolute Gasteiger partial charge is 0.164 e. The molecule has 0 amide bonds. The summed E-state index contributed by atoms with van der Waals surface area (Å²) in [6.45, 7) is 0. The predicted molar refractivity (Wildman–Crippen MR) is 234 cm³/mol. The summed E-state index contributed by atoms with van der Waals surface area (Å²) >= 11 is 0. The lowest BCUT2D eigenvalue weighted by Crippen LogP contribution is -2.01. The van der Waals surface area contributed by atoms with E-state index in [1.807, 2.05) is 54.6 Å². The van der Waals surface area contributed by atoms with Gasteiger partial charge in [0.25, 0.3) is 0 Å². The Morgan fingerprint density at radius 3 is 1.76 bits per heavy atom. The Morgan fingerprint density at radius 2 is 0.897 bits per heavy atom. The lowest BCUT2D eigenvalue weighted by atomic mass is 10.00. The van der Waals surface area contributed by atoms with Gasteiger partial charge in [0.15, 0.2) is 17.5 Å². The number of para-hydroxylation sites is 4. The maximum atomic E-state index is 6.46. The molecule has 4 heterocycles. The first-order chi connectivity index (χ1) is 28.7. The van der Waals surface area contributed by atoms with Gasteiger partial charge in [-0.15, -0.1) is 0 Å². The van der Waals surface area contributed by atoms with E-state index in [1.54, 1.807) is 0 Å². The van der Waals surface area contributed by atoms with Crippen LogP contribution in [0.2, 0.25) is 0 Å². The fourth-order valence-corrected chi connectivity index (χ4v) is 8.37. The van der Waals surface area contributed by atoms with Gasteiger partial charge in [-0.05, 0) is 46.7 Å². The highest BCUT2D eigenvalue weighted by Gasteiger charge is 2.20. The Kier molecular flexibility index (Phi) is 7.13. The zero-order valence-corrected chi connectivity index (χ0v) is 30.9. The maximum Gasteiger partial charge on any atom is 0.164 e. The molecule has 0 radical (unpaired) electrons. The summed E-state index contributed by atoms with van der Waals surface area (Å²) in [6.07, 6.45) is 0. The van der Waals surface area contributed by atoms with E-state index in [0.717, 1.165) is 105 Å². The molecule has 58 heavy (non-hydrogen) atoms.